The van der Waals surface area contributed by atoms with Gasteiger partial charge in [-0.3, -0.25) is 5.32 Å². The van der Waals surface area contributed by atoms with Crippen molar-refractivity contribution in [2.45, 2.75) is 31.4 Å². The van der Waals surface area contributed by atoms with Gasteiger partial charge in [-0.05, 0) is 13.8 Å². The number of nitrogens with one attached hydrogen (secondary N) is 1. The Balaban J connectivity index is 2.43. The molecule has 0 aromatic carbocycles. The summed E-state index contributed by atoms with van der Waals surface area (Å²) in [6.07, 6.45) is 0.629. The summed E-state index contributed by atoms with van der Waals surface area (Å²) in [5, 5.41) is 3.72. The Kier molecular flexibility index (Phi) is 2.77. The van der Waals surface area contributed by atoms with E-state index in [2.05, 4.69) is 25.0 Å². The third-order valence-electron chi connectivity index (χ3n) is 1.66. The first kappa shape index (κ1) is 8.11. The van der Waals surface area contributed by atoms with Crippen LogP contribution in [0.5, 0.6) is 0 Å². The molecule has 0 bridgehead atoms. The molecule has 3 heteroatoms. The number of hydrogen-bond donors (Lipinski definition) is 1. The van der Waals surface area contributed by atoms with Gasteiger partial charge in [0.25, 0.3) is 5.37 Å². The van der Waals surface area contributed by atoms with Gasteiger partial charge < -0.3 is 4.74 Å². The van der Waals surface area contributed by atoms with Crippen LogP contribution in [0, 0.1) is 0 Å². The van der Waals surface area contributed by atoms with Gasteiger partial charge in [-0.1, -0.05) is 0 Å². The Hall–Kier alpha value is 0.0100. The lowest BCUT2D eigenvalue weighted by atomic mass is 10.3. The summed E-state index contributed by atoms with van der Waals surface area (Å²) in [6.45, 7) is 5.09. The number of hydrogen-bond acceptors (Lipinski definition) is 2. The van der Waals surface area contributed by atoms with Crippen molar-refractivity contribution in [3.8, 4) is 0 Å². The predicted molar refractivity (Wildman–Crippen MR) is 46.3 cm³/mol. The molecule has 1 aliphatic rings. The third-order valence-corrected chi connectivity index (χ3v) is 2.57. The standard InChI is InChI=1S/C7H14NOS/c1-5-4-8-7(10-3)6(2)9-5/h5-8H,3-4H2,1-2H3/q+1/t5-,6+,7?/m1/s1. The maximum atomic E-state index is 5.57. The Labute approximate surface area is 65.9 Å². The quantitative estimate of drug-likeness (QED) is 0.438. The van der Waals surface area contributed by atoms with Gasteiger partial charge in [0.05, 0.1) is 6.10 Å². The molecule has 2 nitrogen and oxygen atoms in total. The van der Waals surface area contributed by atoms with Crippen molar-refractivity contribution in [2.24, 2.45) is 0 Å². The van der Waals surface area contributed by atoms with Gasteiger partial charge in [0.1, 0.15) is 6.10 Å². The summed E-state index contributed by atoms with van der Waals surface area (Å²) in [5.41, 5.74) is 0. The highest BCUT2D eigenvalue weighted by molar-refractivity contribution is 7.76. The van der Waals surface area contributed by atoms with E-state index in [9.17, 15) is 0 Å². The number of ether oxygens (including phenoxy) is 1. The number of morpholine rings is 1. The van der Waals surface area contributed by atoms with Crippen molar-refractivity contribution in [3.05, 3.63) is 0 Å². The van der Waals surface area contributed by atoms with Crippen LogP contribution in [0.15, 0.2) is 0 Å². The van der Waals surface area contributed by atoms with Crippen molar-refractivity contribution in [3.63, 3.8) is 0 Å². The largest absolute Gasteiger partial charge is 0.367 e. The van der Waals surface area contributed by atoms with Gasteiger partial charge in [0.2, 0.25) is 0 Å². The maximum absolute atomic E-state index is 5.57. The van der Waals surface area contributed by atoms with E-state index in [1.165, 1.54) is 0 Å². The predicted octanol–water partition coefficient (Wildman–Crippen LogP) is 0.224. The smallest absolute Gasteiger partial charge is 0.262 e. The van der Waals surface area contributed by atoms with Crippen molar-refractivity contribution in [2.75, 3.05) is 6.54 Å². The molecule has 10 heavy (non-hydrogen) atoms. The van der Waals surface area contributed by atoms with E-state index in [0.29, 0.717) is 11.5 Å². The average Bonchev–Trinajstić information content (AvgIpc) is 1.88. The van der Waals surface area contributed by atoms with Crippen LogP contribution in [0.3, 0.4) is 0 Å². The van der Waals surface area contributed by atoms with Crippen LogP contribution >= 0.6 is 0 Å². The Morgan fingerprint density at radius 2 is 2.30 bits per heavy atom. The third kappa shape index (κ3) is 1.75. The molecule has 58 valence electrons. The Morgan fingerprint density at radius 1 is 1.60 bits per heavy atom. The summed E-state index contributed by atoms with van der Waals surface area (Å²) in [5.74, 6) is 3.76. The minimum absolute atomic E-state index is 0.284. The molecule has 0 aromatic heterocycles. The van der Waals surface area contributed by atoms with Crippen LogP contribution in [0.25, 0.3) is 0 Å². The zero-order valence-electron chi connectivity index (χ0n) is 6.46. The average molecular weight is 160 g/mol. The fraction of sp³-hybridized carbons (Fsp3) is 0.857. The van der Waals surface area contributed by atoms with Gasteiger partial charge >= 0.3 is 0 Å². The van der Waals surface area contributed by atoms with Crippen LogP contribution in [0.2, 0.25) is 0 Å². The van der Waals surface area contributed by atoms with E-state index in [1.54, 1.807) is 11.4 Å². The molecule has 1 heterocycles. The highest BCUT2D eigenvalue weighted by Gasteiger charge is 2.30. The van der Waals surface area contributed by atoms with Crippen LogP contribution < -0.4 is 5.32 Å². The maximum Gasteiger partial charge on any atom is 0.262 e. The minimum atomic E-state index is 0.284. The van der Waals surface area contributed by atoms with Crippen molar-refractivity contribution >= 4 is 17.2 Å². The monoisotopic (exact) mass is 160 g/mol. The second kappa shape index (κ2) is 3.42. The summed E-state index contributed by atoms with van der Waals surface area (Å²) in [7, 11) is 0. The molecule has 0 aromatic rings. The molecule has 0 radical (unpaired) electrons. The molecule has 1 rings (SSSR count). The summed E-state index contributed by atoms with van der Waals surface area (Å²) in [6, 6.07) is 0. The molecule has 0 aliphatic carbocycles. The lowest BCUT2D eigenvalue weighted by molar-refractivity contribution is -0.0243. The van der Waals surface area contributed by atoms with E-state index < -0.39 is 0 Å². The summed E-state index contributed by atoms with van der Waals surface area (Å²) < 4.78 is 5.57. The molecular formula is C7H14NOS+. The Bertz CT molecular complexity index is 129. The topological polar surface area (TPSA) is 21.3 Å². The summed E-state index contributed by atoms with van der Waals surface area (Å²) in [4.78, 5) is 0. The first-order chi connectivity index (χ1) is 4.74. The molecule has 1 saturated heterocycles. The van der Waals surface area contributed by atoms with E-state index in [-0.39, 0.29) is 6.10 Å². The minimum Gasteiger partial charge on any atom is -0.367 e. The van der Waals surface area contributed by atoms with Crippen LogP contribution in [0.1, 0.15) is 13.8 Å². The molecule has 0 spiro atoms. The zero-order valence-corrected chi connectivity index (χ0v) is 7.28. The first-order valence-electron chi connectivity index (χ1n) is 3.53. The molecule has 1 N–H and O–H groups in total. The molecule has 1 fully saturated rings. The molecule has 1 aliphatic heterocycles. The van der Waals surface area contributed by atoms with E-state index in [1.807, 2.05) is 0 Å². The fourth-order valence-electron chi connectivity index (χ4n) is 1.13. The normalized spacial score (nSPS) is 41.2. The van der Waals surface area contributed by atoms with E-state index >= 15 is 0 Å². The highest BCUT2D eigenvalue weighted by Crippen LogP contribution is 2.07. The van der Waals surface area contributed by atoms with Crippen molar-refractivity contribution < 1.29 is 4.74 Å². The van der Waals surface area contributed by atoms with Gasteiger partial charge in [-0.15, -0.1) is 0 Å². The summed E-state index contributed by atoms with van der Waals surface area (Å²) >= 11 is 1.57. The van der Waals surface area contributed by atoms with Crippen LogP contribution in [-0.4, -0.2) is 30.0 Å². The second-order valence-electron chi connectivity index (χ2n) is 2.65. The molecule has 0 saturated carbocycles. The zero-order chi connectivity index (χ0) is 7.56. The van der Waals surface area contributed by atoms with Crippen molar-refractivity contribution in [1.29, 1.82) is 0 Å². The van der Waals surface area contributed by atoms with E-state index in [0.717, 1.165) is 6.54 Å². The van der Waals surface area contributed by atoms with Gasteiger partial charge in [-0.2, -0.15) is 0 Å². The van der Waals surface area contributed by atoms with Crippen LogP contribution in [-0.2, 0) is 16.1 Å². The van der Waals surface area contributed by atoms with Crippen LogP contribution in [0.4, 0.5) is 0 Å². The highest BCUT2D eigenvalue weighted by atomic mass is 32.1. The van der Waals surface area contributed by atoms with Gasteiger partial charge in [0.15, 0.2) is 17.2 Å². The Morgan fingerprint density at radius 3 is 2.80 bits per heavy atom. The van der Waals surface area contributed by atoms with Gasteiger partial charge in [-0.25, -0.2) is 0 Å². The molecular weight excluding hydrogens is 146 g/mol. The second-order valence-corrected chi connectivity index (χ2v) is 3.49. The number of rotatable bonds is 1. The van der Waals surface area contributed by atoms with Gasteiger partial charge in [0, 0.05) is 6.54 Å². The first-order valence-corrected chi connectivity index (χ1v) is 4.58. The lowest BCUT2D eigenvalue weighted by Crippen LogP contribution is -2.49. The SMILES string of the molecule is C=[S+]C1NC[C@@H](C)O[C@H]1C. The molecule has 0 amide bonds. The van der Waals surface area contributed by atoms with E-state index in [4.69, 9.17) is 4.74 Å². The molecule has 3 atom stereocenters. The molecule has 1 unspecified atom stereocenters. The fourth-order valence-corrected chi connectivity index (χ4v) is 1.68. The van der Waals surface area contributed by atoms with Crippen molar-refractivity contribution in [1.82, 2.24) is 5.32 Å². The lowest BCUT2D eigenvalue weighted by Gasteiger charge is -2.26.